The number of pyridine rings is 1. The fourth-order valence-corrected chi connectivity index (χ4v) is 6.93. The fourth-order valence-electron chi connectivity index (χ4n) is 6.49. The third-order valence-corrected chi connectivity index (χ3v) is 10.1. The lowest BCUT2D eigenvalue weighted by Crippen LogP contribution is -2.47. The van der Waals surface area contributed by atoms with E-state index in [-0.39, 0.29) is 42.1 Å². The lowest BCUT2D eigenvalue weighted by molar-refractivity contribution is 0.147. The number of carbonyl (C=O) groups is 1. The zero-order valence-electron chi connectivity index (χ0n) is 32.5. The Kier molecular flexibility index (Phi) is 13.1. The van der Waals surface area contributed by atoms with Crippen LogP contribution in [0.4, 0.5) is 10.5 Å². The summed E-state index contributed by atoms with van der Waals surface area (Å²) >= 11 is 0. The van der Waals surface area contributed by atoms with Gasteiger partial charge in [0.2, 0.25) is 5.96 Å². The average Bonchev–Trinajstić information content (AvgIpc) is 3.12. The molecule has 1 aromatic heterocycles. The van der Waals surface area contributed by atoms with Crippen LogP contribution in [0.1, 0.15) is 90.0 Å². The van der Waals surface area contributed by atoms with E-state index in [0.29, 0.717) is 35.7 Å². The molecule has 0 radical (unpaired) electrons. The summed E-state index contributed by atoms with van der Waals surface area (Å²) in [5.74, 6) is 1.50. The highest BCUT2D eigenvalue weighted by atomic mass is 32.2. The minimum Gasteiger partial charge on any atom is -0.488 e. The van der Waals surface area contributed by atoms with Crippen molar-refractivity contribution in [3.05, 3.63) is 95.2 Å². The molecule has 15 heteroatoms. The second-order valence-electron chi connectivity index (χ2n) is 15.2. The molecule has 2 aromatic carbocycles. The second-order valence-corrected chi connectivity index (χ2v) is 16.9. The highest BCUT2D eigenvalue weighted by Crippen LogP contribution is 2.38. The average molecular weight is 775 g/mol. The summed E-state index contributed by atoms with van der Waals surface area (Å²) in [4.78, 5) is 20.4. The summed E-state index contributed by atoms with van der Waals surface area (Å²) in [5.41, 5.74) is 9.10. The van der Waals surface area contributed by atoms with E-state index in [4.69, 9.17) is 30.2 Å². The van der Waals surface area contributed by atoms with Gasteiger partial charge in [-0.2, -0.15) is 8.42 Å². The van der Waals surface area contributed by atoms with Gasteiger partial charge in [0.1, 0.15) is 41.6 Å². The number of nitrogens with two attached hydrogens (primary N) is 1. The molecule has 5 rings (SSSR count). The molecule has 2 amide bonds. The number of amidine groups is 1. The van der Waals surface area contributed by atoms with Crippen LogP contribution in [0.15, 0.2) is 83.6 Å². The smallest absolute Gasteiger partial charge is 0.320 e. The number of rotatable bonds is 10. The Bertz CT molecular complexity index is 2090. The molecule has 1 aliphatic carbocycles. The predicted octanol–water partition coefficient (Wildman–Crippen LogP) is 6.24. The van der Waals surface area contributed by atoms with Crippen LogP contribution in [0, 0.1) is 16.2 Å². The Morgan fingerprint density at radius 3 is 2.51 bits per heavy atom. The van der Waals surface area contributed by atoms with Crippen molar-refractivity contribution in [3.63, 3.8) is 0 Å². The van der Waals surface area contributed by atoms with E-state index < -0.39 is 27.7 Å². The third kappa shape index (κ3) is 11.4. The first kappa shape index (κ1) is 41.0. The number of aliphatic imine (C=N–C) groups is 1. The molecular formula is C40H54N8O6S. The van der Waals surface area contributed by atoms with E-state index in [1.807, 2.05) is 49.9 Å². The number of nitrogens with zero attached hydrogens (tertiary/aromatic N) is 3. The number of ether oxygens (including phenoxy) is 2. The van der Waals surface area contributed by atoms with Gasteiger partial charge in [-0.25, -0.2) is 9.79 Å². The Labute approximate surface area is 323 Å². The zero-order valence-corrected chi connectivity index (χ0v) is 33.3. The number of piperidine rings is 1. The van der Waals surface area contributed by atoms with Crippen molar-refractivity contribution < 1.29 is 26.9 Å². The molecule has 6 N–H and O–H groups in total. The molecule has 1 fully saturated rings. The van der Waals surface area contributed by atoms with Crippen LogP contribution >= 0.6 is 0 Å². The summed E-state index contributed by atoms with van der Waals surface area (Å²) in [7, 11) is -3.61. The Morgan fingerprint density at radius 1 is 1.05 bits per heavy atom. The maximum absolute atomic E-state index is 13.6. The topological polar surface area (TPSA) is 197 Å². The first-order chi connectivity index (χ1) is 26.0. The van der Waals surface area contributed by atoms with Gasteiger partial charge in [0, 0.05) is 35.8 Å². The number of hydrogen-bond donors (Lipinski definition) is 5. The van der Waals surface area contributed by atoms with E-state index in [2.05, 4.69) is 22.5 Å². The molecule has 296 valence electrons. The van der Waals surface area contributed by atoms with Crippen molar-refractivity contribution in [1.82, 2.24) is 20.1 Å². The Morgan fingerprint density at radius 2 is 1.80 bits per heavy atom. The van der Waals surface area contributed by atoms with E-state index >= 15 is 0 Å². The Hall–Kier alpha value is -5.15. The number of benzene rings is 2. The number of fused-ring (bicyclic) bond motifs is 1. The zero-order chi connectivity index (χ0) is 39.9. The van der Waals surface area contributed by atoms with Crippen LogP contribution in [0.25, 0.3) is 0 Å². The molecule has 3 aromatic rings. The van der Waals surface area contributed by atoms with E-state index in [1.165, 1.54) is 0 Å². The van der Waals surface area contributed by atoms with Crippen molar-refractivity contribution in [2.45, 2.75) is 91.0 Å². The highest BCUT2D eigenvalue weighted by molar-refractivity contribution is 7.85. The van der Waals surface area contributed by atoms with Gasteiger partial charge in [-0.05, 0) is 81.3 Å². The molecule has 55 heavy (non-hydrogen) atoms. The molecule has 0 spiro atoms. The molecule has 0 bridgehead atoms. The highest BCUT2D eigenvalue weighted by Gasteiger charge is 2.30. The van der Waals surface area contributed by atoms with Gasteiger partial charge >= 0.3 is 6.03 Å². The maximum atomic E-state index is 13.6. The number of hydrogen-bond acceptors (Lipinski definition) is 10. The maximum Gasteiger partial charge on any atom is 0.320 e. The molecule has 2 aliphatic rings. The summed E-state index contributed by atoms with van der Waals surface area (Å²) in [6, 6.07) is 17.6. The van der Waals surface area contributed by atoms with Crippen LogP contribution in [0.5, 0.6) is 11.5 Å². The van der Waals surface area contributed by atoms with Crippen LogP contribution in [0.2, 0.25) is 0 Å². The molecule has 4 atom stereocenters. The summed E-state index contributed by atoms with van der Waals surface area (Å²) < 4.78 is 41.6. The van der Waals surface area contributed by atoms with Crippen molar-refractivity contribution in [1.29, 1.82) is 10.8 Å². The summed E-state index contributed by atoms with van der Waals surface area (Å²) in [6.07, 6.45) is 7.88. The van der Waals surface area contributed by atoms with Crippen LogP contribution < -0.4 is 31.3 Å². The number of allylic oxidation sites excluding steroid dienone is 1. The first-order valence-electron chi connectivity index (χ1n) is 18.6. The summed E-state index contributed by atoms with van der Waals surface area (Å²) in [5, 5.41) is 23.4. The molecular weight excluding hydrogens is 721 g/mol. The number of likely N-dealkylation sites (tertiary alicyclic amines) is 1. The van der Waals surface area contributed by atoms with Gasteiger partial charge in [0.15, 0.2) is 0 Å². The molecule has 2 heterocycles. The van der Waals surface area contributed by atoms with Crippen molar-refractivity contribution >= 4 is 33.6 Å². The number of urea groups is 1. The van der Waals surface area contributed by atoms with Gasteiger partial charge in [0.05, 0.1) is 24.2 Å². The summed E-state index contributed by atoms with van der Waals surface area (Å²) in [6.45, 7) is 10.3. The first-order valence-corrected chi connectivity index (χ1v) is 20.4. The van der Waals surface area contributed by atoms with Crippen molar-refractivity contribution in [2.75, 3.05) is 19.4 Å². The molecule has 14 nitrogen and oxygen atoms in total. The largest absolute Gasteiger partial charge is 0.488 e. The van der Waals surface area contributed by atoms with Crippen molar-refractivity contribution in [3.8, 4) is 11.5 Å². The molecule has 1 aliphatic heterocycles. The fraction of sp³-hybridized carbons (Fsp3) is 0.450. The van der Waals surface area contributed by atoms with Gasteiger partial charge in [-0.1, -0.05) is 51.1 Å². The van der Waals surface area contributed by atoms with Gasteiger partial charge in [-0.3, -0.25) is 24.9 Å². The second kappa shape index (κ2) is 17.5. The van der Waals surface area contributed by atoms with Crippen LogP contribution in [0.3, 0.4) is 0 Å². The van der Waals surface area contributed by atoms with E-state index in [0.717, 1.165) is 43.2 Å². The van der Waals surface area contributed by atoms with E-state index in [9.17, 15) is 13.2 Å². The standard InChI is InChI=1S/C40H54N8O6S/c1-26-12-9-10-21-47(26)38(43)48-24-30(17-20-36(48)42)54-34-19-18-33(31-15-7-8-16-32(31)34)45-39(49)46-37(23-35(41)40(3,4)5)44-28-13-11-14-29(22-28)53-27(2)25-52-55(6,50)51/h7-8,11,13-17,20,22-24,26-27,33-34,42-43H,9-10,12,18-19,21,25,41H2,1-6H3,(H2,44,45,46,49)/t26-,27-,33-,34+/m0/s1. The van der Waals surface area contributed by atoms with Gasteiger partial charge in [-0.15, -0.1) is 0 Å². The van der Waals surface area contributed by atoms with Crippen molar-refractivity contribution in [2.24, 2.45) is 16.1 Å². The van der Waals surface area contributed by atoms with Gasteiger partial charge in [0.25, 0.3) is 10.1 Å². The lowest BCUT2D eigenvalue weighted by Gasteiger charge is -2.36. The third-order valence-electron chi connectivity index (χ3n) is 9.57. The predicted molar refractivity (Wildman–Crippen MR) is 213 cm³/mol. The normalized spacial score (nSPS) is 19.9. The molecule has 0 unspecified atom stereocenters. The minimum absolute atomic E-state index is 0.149. The number of carbonyl (C=O) groups excluding carboxylic acids is 1. The van der Waals surface area contributed by atoms with Crippen LogP contribution in [-0.2, 0) is 14.3 Å². The van der Waals surface area contributed by atoms with Gasteiger partial charge < -0.3 is 25.4 Å². The quantitative estimate of drug-likeness (QED) is 0.0906. The number of aromatic nitrogens is 1. The van der Waals surface area contributed by atoms with E-state index in [1.54, 1.807) is 60.2 Å². The van der Waals surface area contributed by atoms with Crippen LogP contribution in [-0.4, -0.2) is 67.3 Å². The number of amides is 2. The lowest BCUT2D eigenvalue weighted by atomic mass is 9.85. The minimum atomic E-state index is -3.61. The SMILES string of the molecule is C[C@@H](COS(C)(=O)=O)Oc1cccc(N=C(C=C(N)C(C)(C)C)NC(=O)N[C@H]2CC[C@@H](Oc3ccc(=N)n(C(=N)N4CCCC[C@@H]4C)c3)c3ccccc32)c1. The molecule has 0 saturated carbocycles. The number of nitrogens with one attached hydrogen (secondary N) is 4. The monoisotopic (exact) mass is 774 g/mol. The Balaban J connectivity index is 1.31. The molecule has 1 saturated heterocycles.